The third-order valence-corrected chi connectivity index (χ3v) is 2.55. The molecule has 0 aromatic heterocycles. The van der Waals surface area contributed by atoms with Crippen LogP contribution < -0.4 is 14.2 Å². The van der Waals surface area contributed by atoms with Gasteiger partial charge in [0.15, 0.2) is 11.5 Å². The minimum Gasteiger partial charge on any atom is -0.495 e. The second-order valence-electron chi connectivity index (χ2n) is 3.54. The summed E-state index contributed by atoms with van der Waals surface area (Å²) in [7, 11) is 1.62. The minimum atomic E-state index is -0.589. The highest BCUT2D eigenvalue weighted by Gasteiger charge is 2.32. The predicted molar refractivity (Wildman–Crippen MR) is 56.0 cm³/mol. The summed E-state index contributed by atoms with van der Waals surface area (Å²) in [6.45, 7) is 3.74. The molecular weight excluding hydrogens is 248 g/mol. The number of fused-ring (bicyclic) bond motifs is 1. The molecule has 0 unspecified atom stereocenters. The van der Waals surface area contributed by atoms with Crippen molar-refractivity contribution in [2.45, 2.75) is 19.6 Å². The van der Waals surface area contributed by atoms with Gasteiger partial charge in [-0.15, -0.1) is 0 Å². The molecule has 76 valence electrons. The Morgan fingerprint density at radius 1 is 1.21 bits per heavy atom. The molecule has 0 atom stereocenters. The van der Waals surface area contributed by atoms with Gasteiger partial charge in [0, 0.05) is 26.0 Å². The molecule has 0 saturated carbocycles. The van der Waals surface area contributed by atoms with Gasteiger partial charge in [0.1, 0.15) is 5.75 Å². The number of methoxy groups -OCH3 is 1. The summed E-state index contributed by atoms with van der Waals surface area (Å²) in [5.74, 6) is 1.61. The van der Waals surface area contributed by atoms with Crippen molar-refractivity contribution < 1.29 is 14.2 Å². The van der Waals surface area contributed by atoms with Crippen molar-refractivity contribution in [3.05, 3.63) is 16.6 Å². The molecule has 0 aliphatic carbocycles. The first kappa shape index (κ1) is 9.65. The van der Waals surface area contributed by atoms with Gasteiger partial charge in [-0.2, -0.15) is 0 Å². The molecule has 4 heteroatoms. The molecule has 1 aromatic rings. The summed E-state index contributed by atoms with van der Waals surface area (Å²) in [5.41, 5.74) is 0. The largest absolute Gasteiger partial charge is 0.495 e. The van der Waals surface area contributed by atoms with Crippen LogP contribution in [-0.4, -0.2) is 12.9 Å². The minimum absolute atomic E-state index is 0.589. The lowest BCUT2D eigenvalue weighted by Crippen LogP contribution is -2.29. The highest BCUT2D eigenvalue weighted by molar-refractivity contribution is 9.10. The van der Waals surface area contributed by atoms with Crippen molar-refractivity contribution in [2.75, 3.05) is 7.11 Å². The highest BCUT2D eigenvalue weighted by Crippen LogP contribution is 2.44. The Kier molecular flexibility index (Phi) is 2.10. The lowest BCUT2D eigenvalue weighted by molar-refractivity contribution is -0.0431. The molecule has 0 bridgehead atoms. The molecule has 0 N–H and O–H groups in total. The molecule has 0 fully saturated rings. The number of hydrogen-bond donors (Lipinski definition) is 0. The van der Waals surface area contributed by atoms with E-state index < -0.39 is 5.79 Å². The van der Waals surface area contributed by atoms with Crippen LogP contribution in [0.3, 0.4) is 0 Å². The van der Waals surface area contributed by atoms with Crippen LogP contribution in [-0.2, 0) is 0 Å². The van der Waals surface area contributed by atoms with E-state index in [2.05, 4.69) is 15.9 Å². The maximum atomic E-state index is 5.57. The van der Waals surface area contributed by atoms with Crippen molar-refractivity contribution in [1.29, 1.82) is 0 Å². The van der Waals surface area contributed by atoms with Crippen LogP contribution in [0.1, 0.15) is 13.8 Å². The number of benzene rings is 1. The summed E-state index contributed by atoms with van der Waals surface area (Å²) in [5, 5.41) is 0. The van der Waals surface area contributed by atoms with Crippen molar-refractivity contribution in [3.63, 3.8) is 0 Å². The fourth-order valence-corrected chi connectivity index (χ4v) is 1.87. The zero-order valence-electron chi connectivity index (χ0n) is 8.26. The normalized spacial score (nSPS) is 16.9. The molecule has 14 heavy (non-hydrogen) atoms. The Labute approximate surface area is 91.1 Å². The average molecular weight is 259 g/mol. The van der Waals surface area contributed by atoms with Crippen LogP contribution in [0, 0.1) is 0 Å². The second kappa shape index (κ2) is 3.05. The van der Waals surface area contributed by atoms with E-state index in [4.69, 9.17) is 14.2 Å². The van der Waals surface area contributed by atoms with Crippen LogP contribution in [0.25, 0.3) is 0 Å². The van der Waals surface area contributed by atoms with Crippen molar-refractivity contribution in [1.82, 2.24) is 0 Å². The highest BCUT2D eigenvalue weighted by atomic mass is 79.9. The maximum Gasteiger partial charge on any atom is 0.246 e. The van der Waals surface area contributed by atoms with Crippen LogP contribution in [0.15, 0.2) is 16.6 Å². The van der Waals surface area contributed by atoms with Gasteiger partial charge in [-0.1, -0.05) is 0 Å². The van der Waals surface area contributed by atoms with Gasteiger partial charge in [-0.3, -0.25) is 0 Å². The van der Waals surface area contributed by atoms with Gasteiger partial charge in [-0.25, -0.2) is 0 Å². The Bertz CT molecular complexity index is 374. The Balaban J connectivity index is 2.44. The SMILES string of the molecule is COc1cc2c(cc1Br)OC(C)(C)O2. The summed E-state index contributed by atoms with van der Waals surface area (Å²) < 4.78 is 17.2. The monoisotopic (exact) mass is 258 g/mol. The summed E-state index contributed by atoms with van der Waals surface area (Å²) in [6, 6.07) is 3.66. The molecule has 0 spiro atoms. The van der Waals surface area contributed by atoms with E-state index in [1.807, 2.05) is 26.0 Å². The van der Waals surface area contributed by atoms with Crippen molar-refractivity contribution in [3.8, 4) is 17.2 Å². The first-order chi connectivity index (χ1) is 6.52. The maximum absolute atomic E-state index is 5.57. The van der Waals surface area contributed by atoms with Crippen molar-refractivity contribution >= 4 is 15.9 Å². The summed E-state index contributed by atoms with van der Waals surface area (Å²) in [4.78, 5) is 0. The molecule has 1 aliphatic rings. The Morgan fingerprint density at radius 3 is 2.36 bits per heavy atom. The summed E-state index contributed by atoms with van der Waals surface area (Å²) >= 11 is 3.39. The third-order valence-electron chi connectivity index (χ3n) is 1.93. The number of rotatable bonds is 1. The van der Waals surface area contributed by atoms with Gasteiger partial charge in [0.25, 0.3) is 0 Å². The fourth-order valence-electron chi connectivity index (χ4n) is 1.38. The topological polar surface area (TPSA) is 27.7 Å². The number of halogens is 1. The standard InChI is InChI=1S/C10H11BrO3/c1-10(2)13-8-4-6(11)7(12-3)5-9(8)14-10/h4-5H,1-3H3. The molecular formula is C10H11BrO3. The van der Waals surface area contributed by atoms with Crippen LogP contribution in [0.2, 0.25) is 0 Å². The van der Waals surface area contributed by atoms with Gasteiger partial charge in [0.2, 0.25) is 5.79 Å². The fraction of sp³-hybridized carbons (Fsp3) is 0.400. The van der Waals surface area contributed by atoms with Gasteiger partial charge < -0.3 is 14.2 Å². The lowest BCUT2D eigenvalue weighted by atomic mass is 10.3. The van der Waals surface area contributed by atoms with E-state index in [1.54, 1.807) is 7.11 Å². The van der Waals surface area contributed by atoms with Gasteiger partial charge in [-0.05, 0) is 15.9 Å². The van der Waals surface area contributed by atoms with Gasteiger partial charge in [0.05, 0.1) is 11.6 Å². The van der Waals surface area contributed by atoms with E-state index in [0.717, 1.165) is 21.7 Å². The zero-order chi connectivity index (χ0) is 10.3. The van der Waals surface area contributed by atoms with E-state index in [1.165, 1.54) is 0 Å². The predicted octanol–water partition coefficient (Wildman–Crippen LogP) is 2.97. The summed E-state index contributed by atoms with van der Waals surface area (Å²) in [6.07, 6.45) is 0. The smallest absolute Gasteiger partial charge is 0.246 e. The molecule has 3 nitrogen and oxygen atoms in total. The Hall–Kier alpha value is -0.900. The van der Waals surface area contributed by atoms with E-state index in [0.29, 0.717) is 0 Å². The first-order valence-corrected chi connectivity index (χ1v) is 5.07. The number of hydrogen-bond acceptors (Lipinski definition) is 3. The average Bonchev–Trinajstić information content (AvgIpc) is 2.36. The van der Waals surface area contributed by atoms with E-state index in [-0.39, 0.29) is 0 Å². The van der Waals surface area contributed by atoms with E-state index >= 15 is 0 Å². The van der Waals surface area contributed by atoms with E-state index in [9.17, 15) is 0 Å². The third kappa shape index (κ3) is 1.54. The van der Waals surface area contributed by atoms with Gasteiger partial charge >= 0.3 is 0 Å². The van der Waals surface area contributed by atoms with Crippen molar-refractivity contribution in [2.24, 2.45) is 0 Å². The molecule has 0 saturated heterocycles. The molecule has 0 amide bonds. The zero-order valence-corrected chi connectivity index (χ0v) is 9.84. The first-order valence-electron chi connectivity index (χ1n) is 4.27. The molecule has 1 aromatic carbocycles. The second-order valence-corrected chi connectivity index (χ2v) is 4.39. The molecule has 0 radical (unpaired) electrons. The Morgan fingerprint density at radius 2 is 1.79 bits per heavy atom. The number of ether oxygens (including phenoxy) is 3. The van der Waals surface area contributed by atoms with Crippen LogP contribution in [0.5, 0.6) is 17.2 Å². The molecule has 1 aliphatic heterocycles. The lowest BCUT2D eigenvalue weighted by Gasteiger charge is -2.16. The molecule has 2 rings (SSSR count). The quantitative estimate of drug-likeness (QED) is 0.776. The molecule has 1 heterocycles. The van der Waals surface area contributed by atoms with Crippen LogP contribution in [0.4, 0.5) is 0 Å². The van der Waals surface area contributed by atoms with Crippen LogP contribution >= 0.6 is 15.9 Å².